The number of thiazole rings is 1. The molecule has 0 fully saturated rings. The zero-order valence-electron chi connectivity index (χ0n) is 15.2. The number of nitrogens with one attached hydrogen (secondary N) is 2. The fraction of sp³-hybridized carbons (Fsp3) is 0.105. The lowest BCUT2D eigenvalue weighted by Crippen LogP contribution is -2.29. The van der Waals surface area contributed by atoms with Gasteiger partial charge in [-0.2, -0.15) is 0 Å². The van der Waals surface area contributed by atoms with Gasteiger partial charge in [0.1, 0.15) is 9.84 Å². The van der Waals surface area contributed by atoms with E-state index in [1.165, 1.54) is 28.1 Å². The van der Waals surface area contributed by atoms with Crippen molar-refractivity contribution in [2.45, 2.75) is 6.92 Å². The number of aromatic nitrogens is 3. The molecule has 0 aliphatic carbocycles. The smallest absolute Gasteiger partial charge is 0.355 e. The number of hydrogen-bond acceptors (Lipinski definition) is 7. The van der Waals surface area contributed by atoms with Crippen LogP contribution in [0.2, 0.25) is 0 Å². The first-order valence-corrected chi connectivity index (χ1v) is 10.4. The summed E-state index contributed by atoms with van der Waals surface area (Å²) in [6, 6.07) is 11.1. The Balaban J connectivity index is 1.84. The van der Waals surface area contributed by atoms with Crippen molar-refractivity contribution in [1.29, 1.82) is 0 Å². The molecule has 3 N–H and O–H groups in total. The first-order chi connectivity index (χ1) is 14.0. The zero-order chi connectivity index (χ0) is 20.4. The molecule has 2 amide bonds. The number of fused-ring (bicyclic) bond motifs is 1. The molecule has 0 atom stereocenters. The summed E-state index contributed by atoms with van der Waals surface area (Å²) < 4.78 is 0. The minimum absolute atomic E-state index is 0.00964. The average molecular weight is 425 g/mol. The Morgan fingerprint density at radius 1 is 1.14 bits per heavy atom. The molecular weight excluding hydrogens is 410 g/mol. The maximum Gasteiger partial charge on any atom is 0.355 e. The van der Waals surface area contributed by atoms with Crippen LogP contribution in [0.25, 0.3) is 31.4 Å². The van der Waals surface area contributed by atoms with Gasteiger partial charge in [0.25, 0.3) is 0 Å². The fourth-order valence-electron chi connectivity index (χ4n) is 2.69. The van der Waals surface area contributed by atoms with Gasteiger partial charge in [-0.25, -0.2) is 24.5 Å². The van der Waals surface area contributed by atoms with E-state index in [-0.39, 0.29) is 17.7 Å². The van der Waals surface area contributed by atoms with Gasteiger partial charge in [-0.15, -0.1) is 22.7 Å². The topological polar surface area (TPSA) is 117 Å². The number of rotatable bonds is 5. The van der Waals surface area contributed by atoms with Crippen molar-refractivity contribution < 1.29 is 14.7 Å². The molecule has 1 aromatic carbocycles. The number of amides is 2. The number of carboxylic acid groups (broad SMARTS) is 1. The monoisotopic (exact) mass is 425 g/mol. The van der Waals surface area contributed by atoms with Crippen molar-refractivity contribution in [3.63, 3.8) is 0 Å². The summed E-state index contributed by atoms with van der Waals surface area (Å²) >= 11 is 2.63. The minimum Gasteiger partial charge on any atom is -0.476 e. The lowest BCUT2D eigenvalue weighted by atomic mass is 10.1. The first kappa shape index (κ1) is 19.0. The van der Waals surface area contributed by atoms with Crippen LogP contribution in [0, 0.1) is 0 Å². The van der Waals surface area contributed by atoms with Gasteiger partial charge in [0.15, 0.2) is 5.69 Å². The van der Waals surface area contributed by atoms with Gasteiger partial charge < -0.3 is 10.4 Å². The van der Waals surface area contributed by atoms with Crippen molar-refractivity contribution in [1.82, 2.24) is 20.3 Å². The van der Waals surface area contributed by atoms with Gasteiger partial charge in [-0.05, 0) is 13.0 Å². The molecule has 4 rings (SSSR count). The van der Waals surface area contributed by atoms with E-state index < -0.39 is 5.97 Å². The predicted octanol–water partition coefficient (Wildman–Crippen LogP) is 4.32. The van der Waals surface area contributed by atoms with Gasteiger partial charge in [0.05, 0.1) is 10.6 Å². The van der Waals surface area contributed by atoms with Crippen molar-refractivity contribution in [3.05, 3.63) is 47.5 Å². The van der Waals surface area contributed by atoms with Gasteiger partial charge in [0, 0.05) is 22.9 Å². The van der Waals surface area contributed by atoms with E-state index in [1.54, 1.807) is 0 Å². The Hall–Kier alpha value is -3.37. The van der Waals surface area contributed by atoms with E-state index in [4.69, 9.17) is 5.11 Å². The molecule has 29 heavy (non-hydrogen) atoms. The Morgan fingerprint density at radius 3 is 2.62 bits per heavy atom. The molecule has 0 aliphatic heterocycles. The van der Waals surface area contributed by atoms with Gasteiger partial charge in [-0.1, -0.05) is 30.3 Å². The molecule has 146 valence electrons. The van der Waals surface area contributed by atoms with E-state index in [0.717, 1.165) is 15.8 Å². The normalized spacial score (nSPS) is 10.8. The van der Waals surface area contributed by atoms with Gasteiger partial charge >= 0.3 is 12.0 Å². The van der Waals surface area contributed by atoms with Crippen LogP contribution in [0.1, 0.15) is 17.4 Å². The Bertz CT molecular complexity index is 1200. The van der Waals surface area contributed by atoms with E-state index >= 15 is 0 Å². The van der Waals surface area contributed by atoms with E-state index in [9.17, 15) is 9.59 Å². The van der Waals surface area contributed by atoms with Crippen molar-refractivity contribution in [2.75, 3.05) is 11.9 Å². The maximum atomic E-state index is 11.9. The second-order valence-electron chi connectivity index (χ2n) is 5.92. The second kappa shape index (κ2) is 7.94. The molecule has 0 aliphatic rings. The van der Waals surface area contributed by atoms with Crippen LogP contribution < -0.4 is 10.6 Å². The van der Waals surface area contributed by atoms with Crippen molar-refractivity contribution in [3.8, 4) is 21.1 Å². The van der Waals surface area contributed by atoms with Gasteiger partial charge in [-0.3, -0.25) is 5.32 Å². The molecule has 0 unspecified atom stereocenters. The SMILES string of the molecule is CCNC(=O)Nc1nc(-c2ccccc2)c2cc(-c3nc(C(=O)O)cs3)sc2n1. The number of carboxylic acids is 1. The Labute approximate surface area is 173 Å². The van der Waals surface area contributed by atoms with Crippen molar-refractivity contribution >= 4 is 50.8 Å². The number of nitrogens with zero attached hydrogens (tertiary/aromatic N) is 3. The van der Waals surface area contributed by atoms with Crippen molar-refractivity contribution in [2.24, 2.45) is 0 Å². The van der Waals surface area contributed by atoms with E-state index in [0.29, 0.717) is 22.1 Å². The summed E-state index contributed by atoms with van der Waals surface area (Å²) in [5.74, 6) is -0.868. The summed E-state index contributed by atoms with van der Waals surface area (Å²) in [7, 11) is 0. The molecule has 3 aromatic heterocycles. The highest BCUT2D eigenvalue weighted by Crippen LogP contribution is 2.38. The average Bonchev–Trinajstić information content (AvgIpc) is 3.35. The number of aromatic carboxylic acids is 1. The van der Waals surface area contributed by atoms with E-state index in [1.807, 2.05) is 43.3 Å². The summed E-state index contributed by atoms with van der Waals surface area (Å²) in [6.45, 7) is 2.31. The van der Waals surface area contributed by atoms with Crippen LogP contribution in [0.4, 0.5) is 10.7 Å². The van der Waals surface area contributed by atoms with Crippen LogP contribution in [-0.2, 0) is 0 Å². The third-order valence-electron chi connectivity index (χ3n) is 3.94. The Kier molecular flexibility index (Phi) is 5.19. The van der Waals surface area contributed by atoms with E-state index in [2.05, 4.69) is 25.6 Å². The highest BCUT2D eigenvalue weighted by molar-refractivity contribution is 7.25. The fourth-order valence-corrected chi connectivity index (χ4v) is 4.58. The van der Waals surface area contributed by atoms with Crippen LogP contribution in [0.15, 0.2) is 41.8 Å². The summed E-state index contributed by atoms with van der Waals surface area (Å²) in [4.78, 5) is 37.7. The third kappa shape index (κ3) is 3.93. The summed E-state index contributed by atoms with van der Waals surface area (Å²) in [6.07, 6.45) is 0. The quantitative estimate of drug-likeness (QED) is 0.438. The van der Waals surface area contributed by atoms with Crippen LogP contribution >= 0.6 is 22.7 Å². The number of carbonyl (C=O) groups excluding carboxylic acids is 1. The largest absolute Gasteiger partial charge is 0.476 e. The van der Waals surface area contributed by atoms with Gasteiger partial charge in [0.2, 0.25) is 5.95 Å². The third-order valence-corrected chi connectivity index (χ3v) is 5.98. The highest BCUT2D eigenvalue weighted by Gasteiger charge is 2.18. The standard InChI is InChI=1S/C19H15N5O3S2/c1-2-20-19(27)24-18-22-14(10-6-4-3-5-7-10)11-8-13(29-15(11)23-18)16-21-12(9-28-16)17(25)26/h3-9H,2H2,1H3,(H,25,26)(H2,20,22,23,24,27). The molecule has 0 spiro atoms. The molecule has 0 radical (unpaired) electrons. The van der Waals surface area contributed by atoms with Crippen LogP contribution in [0.5, 0.6) is 0 Å². The second-order valence-corrected chi connectivity index (χ2v) is 7.81. The van der Waals surface area contributed by atoms with Crippen LogP contribution in [0.3, 0.4) is 0 Å². The molecule has 10 heteroatoms. The number of anilines is 1. The minimum atomic E-state index is -1.06. The molecule has 0 saturated carbocycles. The molecule has 3 heterocycles. The molecule has 0 bridgehead atoms. The molecular formula is C19H15N5O3S2. The summed E-state index contributed by atoms with van der Waals surface area (Å²) in [5, 5.41) is 17.4. The maximum absolute atomic E-state index is 11.9. The molecule has 8 nitrogen and oxygen atoms in total. The first-order valence-electron chi connectivity index (χ1n) is 8.66. The Morgan fingerprint density at radius 2 is 1.93 bits per heavy atom. The van der Waals surface area contributed by atoms with Crippen LogP contribution in [-0.4, -0.2) is 38.6 Å². The highest BCUT2D eigenvalue weighted by atomic mass is 32.1. The number of benzene rings is 1. The number of urea groups is 1. The zero-order valence-corrected chi connectivity index (χ0v) is 16.8. The lowest BCUT2D eigenvalue weighted by molar-refractivity contribution is 0.0691. The predicted molar refractivity (Wildman–Crippen MR) is 114 cm³/mol. The lowest BCUT2D eigenvalue weighted by Gasteiger charge is -2.08. The number of thiophene rings is 1. The number of carbonyl (C=O) groups is 2. The molecule has 0 saturated heterocycles. The molecule has 4 aromatic rings. The number of hydrogen-bond donors (Lipinski definition) is 3. The summed E-state index contributed by atoms with van der Waals surface area (Å²) in [5.41, 5.74) is 1.57.